The van der Waals surface area contributed by atoms with Crippen molar-refractivity contribution in [1.29, 1.82) is 0 Å². The summed E-state index contributed by atoms with van der Waals surface area (Å²) in [5.41, 5.74) is 7.54. The highest BCUT2D eigenvalue weighted by Crippen LogP contribution is 2.32. The maximum Gasteiger partial charge on any atom is 0.231 e. The minimum atomic E-state index is -0.367. The van der Waals surface area contributed by atoms with Gasteiger partial charge in [-0.25, -0.2) is 4.39 Å². The van der Waals surface area contributed by atoms with Gasteiger partial charge in [-0.2, -0.15) is 0 Å². The number of rotatable bonds is 1. The molecule has 1 aliphatic rings. The highest BCUT2D eigenvalue weighted by molar-refractivity contribution is 6.01. The maximum atomic E-state index is 13.7. The van der Waals surface area contributed by atoms with E-state index in [-0.39, 0.29) is 24.2 Å². The van der Waals surface area contributed by atoms with Crippen molar-refractivity contribution < 1.29 is 9.18 Å². The molecule has 0 radical (unpaired) electrons. The van der Waals surface area contributed by atoms with E-state index in [2.05, 4.69) is 0 Å². The van der Waals surface area contributed by atoms with E-state index in [9.17, 15) is 9.18 Å². The molecule has 1 heterocycles. The Balaban J connectivity index is 2.56. The Hall–Kier alpha value is -1.42. The van der Waals surface area contributed by atoms with Gasteiger partial charge in [0.05, 0.1) is 12.1 Å². The zero-order chi connectivity index (χ0) is 11.2. The predicted molar refractivity (Wildman–Crippen MR) is 56.1 cm³/mol. The molecule has 0 bridgehead atoms. The molecule has 0 aromatic heterocycles. The Morgan fingerprint density at radius 3 is 2.80 bits per heavy atom. The van der Waals surface area contributed by atoms with Crippen LogP contribution in [0.5, 0.6) is 0 Å². The summed E-state index contributed by atoms with van der Waals surface area (Å²) in [6.45, 7) is 1.79. The van der Waals surface area contributed by atoms with Crippen LogP contribution in [0.3, 0.4) is 0 Å². The van der Waals surface area contributed by atoms with Crippen LogP contribution in [0.15, 0.2) is 12.1 Å². The number of benzene rings is 1. The summed E-state index contributed by atoms with van der Waals surface area (Å²) in [5.74, 6) is -0.445. The van der Waals surface area contributed by atoms with Crippen LogP contribution in [-0.2, 0) is 11.2 Å². The van der Waals surface area contributed by atoms with Crippen LogP contribution in [0, 0.1) is 5.82 Å². The third-order valence-corrected chi connectivity index (χ3v) is 2.74. The molecule has 2 N–H and O–H groups in total. The molecule has 0 saturated carbocycles. The largest absolute Gasteiger partial charge is 0.324 e. The third-order valence-electron chi connectivity index (χ3n) is 2.74. The lowest BCUT2D eigenvalue weighted by Crippen LogP contribution is -2.21. The summed E-state index contributed by atoms with van der Waals surface area (Å²) in [6, 6.07) is 2.99. The van der Waals surface area contributed by atoms with Gasteiger partial charge < -0.3 is 10.6 Å². The smallest absolute Gasteiger partial charge is 0.231 e. The van der Waals surface area contributed by atoms with Gasteiger partial charge in [0, 0.05) is 13.1 Å². The second kappa shape index (κ2) is 3.31. The molecule has 1 amide bonds. The van der Waals surface area contributed by atoms with Crippen molar-refractivity contribution in [2.75, 3.05) is 11.9 Å². The molecular weight excluding hydrogens is 195 g/mol. The minimum Gasteiger partial charge on any atom is -0.324 e. The molecule has 80 valence electrons. The highest BCUT2D eigenvalue weighted by Gasteiger charge is 2.27. The molecule has 1 aromatic carbocycles. The van der Waals surface area contributed by atoms with Gasteiger partial charge in [0.2, 0.25) is 5.91 Å². The summed E-state index contributed by atoms with van der Waals surface area (Å²) in [5, 5.41) is 0. The second-order valence-electron chi connectivity index (χ2n) is 3.93. The van der Waals surface area contributed by atoms with Crippen LogP contribution in [-0.4, -0.2) is 13.0 Å². The summed E-state index contributed by atoms with van der Waals surface area (Å²) < 4.78 is 13.7. The van der Waals surface area contributed by atoms with Crippen molar-refractivity contribution in [2.45, 2.75) is 19.4 Å². The van der Waals surface area contributed by atoms with E-state index in [1.165, 1.54) is 11.0 Å². The molecule has 0 saturated heterocycles. The van der Waals surface area contributed by atoms with E-state index in [1.807, 2.05) is 6.07 Å². The Kier molecular flexibility index (Phi) is 2.23. The van der Waals surface area contributed by atoms with Crippen molar-refractivity contribution in [2.24, 2.45) is 5.73 Å². The molecule has 2 rings (SSSR count). The monoisotopic (exact) mass is 208 g/mol. The third kappa shape index (κ3) is 1.51. The first-order valence-electron chi connectivity index (χ1n) is 4.85. The average molecular weight is 208 g/mol. The van der Waals surface area contributed by atoms with Gasteiger partial charge in [0.15, 0.2) is 0 Å². The number of halogens is 1. The predicted octanol–water partition coefficient (Wildman–Crippen LogP) is 1.36. The quantitative estimate of drug-likeness (QED) is 0.757. The van der Waals surface area contributed by atoms with Crippen LogP contribution in [0.2, 0.25) is 0 Å². The van der Waals surface area contributed by atoms with E-state index in [1.54, 1.807) is 14.0 Å². The topological polar surface area (TPSA) is 46.3 Å². The van der Waals surface area contributed by atoms with Crippen molar-refractivity contribution in [3.05, 3.63) is 29.1 Å². The molecule has 1 aromatic rings. The van der Waals surface area contributed by atoms with E-state index in [0.717, 1.165) is 11.1 Å². The van der Waals surface area contributed by atoms with Crippen molar-refractivity contribution >= 4 is 11.6 Å². The number of nitrogens with zero attached hydrogens (tertiary/aromatic N) is 1. The summed E-state index contributed by atoms with van der Waals surface area (Å²) in [6.07, 6.45) is 0.267. The van der Waals surface area contributed by atoms with Gasteiger partial charge in [-0.05, 0) is 24.1 Å². The minimum absolute atomic E-state index is 0.0780. The fourth-order valence-electron chi connectivity index (χ4n) is 1.86. The molecule has 1 aliphatic heterocycles. The summed E-state index contributed by atoms with van der Waals surface area (Å²) >= 11 is 0. The van der Waals surface area contributed by atoms with Crippen molar-refractivity contribution in [1.82, 2.24) is 0 Å². The number of fused-ring (bicyclic) bond motifs is 1. The summed E-state index contributed by atoms with van der Waals surface area (Å²) in [7, 11) is 1.59. The number of anilines is 1. The normalized spacial score (nSPS) is 16.8. The van der Waals surface area contributed by atoms with Crippen LogP contribution in [0.25, 0.3) is 0 Å². The van der Waals surface area contributed by atoms with Crippen LogP contribution in [0.4, 0.5) is 10.1 Å². The highest BCUT2D eigenvalue weighted by atomic mass is 19.1. The first-order valence-corrected chi connectivity index (χ1v) is 4.85. The van der Waals surface area contributed by atoms with E-state index < -0.39 is 0 Å². The number of amides is 1. The van der Waals surface area contributed by atoms with E-state index >= 15 is 0 Å². The van der Waals surface area contributed by atoms with Gasteiger partial charge in [-0.15, -0.1) is 0 Å². The lowest BCUT2D eigenvalue weighted by Gasteiger charge is -2.13. The maximum absolute atomic E-state index is 13.7. The van der Waals surface area contributed by atoms with E-state index in [4.69, 9.17) is 5.73 Å². The van der Waals surface area contributed by atoms with Crippen LogP contribution < -0.4 is 10.6 Å². The standard InChI is InChI=1S/C11H13FN2O/c1-6(13)7-3-8-5-10(15)14(2)11(8)9(12)4-7/h3-4,6H,5,13H2,1-2H3. The van der Waals surface area contributed by atoms with Gasteiger partial charge in [-0.1, -0.05) is 6.07 Å². The SMILES string of the molecule is CC(N)c1cc(F)c2c(c1)CC(=O)N2C. The molecular formula is C11H13FN2O. The molecule has 0 aliphatic carbocycles. The fourth-order valence-corrected chi connectivity index (χ4v) is 1.86. The van der Waals surface area contributed by atoms with E-state index in [0.29, 0.717) is 5.69 Å². The Bertz CT molecular complexity index is 429. The van der Waals surface area contributed by atoms with Gasteiger partial charge in [0.25, 0.3) is 0 Å². The Labute approximate surface area is 87.7 Å². The molecule has 4 heteroatoms. The first kappa shape index (κ1) is 10.1. The molecule has 15 heavy (non-hydrogen) atoms. The van der Waals surface area contributed by atoms with Gasteiger partial charge >= 0.3 is 0 Å². The second-order valence-corrected chi connectivity index (χ2v) is 3.93. The number of carbonyl (C=O) groups is 1. The zero-order valence-electron chi connectivity index (χ0n) is 8.75. The molecule has 1 unspecified atom stereocenters. The van der Waals surface area contributed by atoms with Crippen molar-refractivity contribution in [3.63, 3.8) is 0 Å². The van der Waals surface area contributed by atoms with Crippen molar-refractivity contribution in [3.8, 4) is 0 Å². The number of hydrogen-bond acceptors (Lipinski definition) is 2. The van der Waals surface area contributed by atoms with Crippen LogP contribution >= 0.6 is 0 Å². The lowest BCUT2D eigenvalue weighted by molar-refractivity contribution is -0.117. The van der Waals surface area contributed by atoms with Gasteiger partial charge in [-0.3, -0.25) is 4.79 Å². The fraction of sp³-hybridized carbons (Fsp3) is 0.364. The molecule has 3 nitrogen and oxygen atoms in total. The number of hydrogen-bond donors (Lipinski definition) is 1. The number of likely N-dealkylation sites (N-methyl/N-ethyl adjacent to an activating group) is 1. The van der Waals surface area contributed by atoms with Crippen LogP contribution in [0.1, 0.15) is 24.1 Å². The zero-order valence-corrected chi connectivity index (χ0v) is 8.75. The lowest BCUT2D eigenvalue weighted by atomic mass is 10.0. The molecule has 0 fully saturated rings. The summed E-state index contributed by atoms with van der Waals surface area (Å²) in [4.78, 5) is 12.7. The Morgan fingerprint density at radius 1 is 1.53 bits per heavy atom. The Morgan fingerprint density at radius 2 is 2.20 bits per heavy atom. The molecule has 1 atom stereocenters. The first-order chi connectivity index (χ1) is 7.00. The average Bonchev–Trinajstić information content (AvgIpc) is 2.42. The number of carbonyl (C=O) groups excluding carboxylic acids is 1. The van der Waals surface area contributed by atoms with Gasteiger partial charge in [0.1, 0.15) is 5.82 Å². The molecule has 0 spiro atoms. The number of nitrogens with two attached hydrogens (primary N) is 1.